The number of nitrogens with one attached hydrogen (secondary N) is 1. The first kappa shape index (κ1) is 22.6. The van der Waals surface area contributed by atoms with Gasteiger partial charge in [-0.3, -0.25) is 0 Å². The van der Waals surface area contributed by atoms with Gasteiger partial charge in [-0.25, -0.2) is 15.0 Å². The van der Waals surface area contributed by atoms with Gasteiger partial charge in [-0.15, -0.1) is 0 Å². The summed E-state index contributed by atoms with van der Waals surface area (Å²) in [6.45, 7) is 1.49. The number of rotatable bonds is 7. The normalized spacial score (nSPS) is 12.2. The molecule has 1 N–H and O–H groups in total. The summed E-state index contributed by atoms with van der Waals surface area (Å²) in [5.74, 6) is 0. The number of aldehydes is 1. The van der Waals surface area contributed by atoms with Gasteiger partial charge in [0, 0.05) is 0 Å². The summed E-state index contributed by atoms with van der Waals surface area (Å²) in [4.78, 5) is 37.6. The molecule has 0 bridgehead atoms. The number of hydrogen-bond donors (Lipinski definition) is 1. The summed E-state index contributed by atoms with van der Waals surface area (Å²) >= 11 is 0. The maximum Gasteiger partial charge on any atom is 0.430 e. The smallest absolute Gasteiger partial charge is 0.430 e. The van der Waals surface area contributed by atoms with E-state index in [4.69, 9.17) is 9.47 Å². The molecule has 2 amide bonds. The van der Waals surface area contributed by atoms with Gasteiger partial charge in [0.25, 0.3) is 0 Å². The zero-order chi connectivity index (χ0) is 22.8. The summed E-state index contributed by atoms with van der Waals surface area (Å²) in [5, 5.41) is 0.853. The quantitative estimate of drug-likeness (QED) is 0.436. The molecule has 7 heteroatoms. The van der Waals surface area contributed by atoms with Gasteiger partial charge in [-0.05, 0) is 23.6 Å². The molecule has 0 heterocycles. The molecule has 0 spiro atoms. The molecule has 0 aliphatic carbocycles. The molecule has 0 radical (unpaired) electrons. The molecular formula is C25H24N2O5. The first-order valence-electron chi connectivity index (χ1n) is 10.0. The van der Waals surface area contributed by atoms with Gasteiger partial charge in [-0.1, -0.05) is 91.0 Å². The van der Waals surface area contributed by atoms with Crippen LogP contribution in [0.25, 0.3) is 0 Å². The van der Waals surface area contributed by atoms with E-state index in [9.17, 15) is 14.4 Å². The molecular weight excluding hydrogens is 408 g/mol. The van der Waals surface area contributed by atoms with E-state index in [2.05, 4.69) is 5.43 Å². The molecule has 3 aromatic carbocycles. The lowest BCUT2D eigenvalue weighted by molar-refractivity contribution is -0.119. The Bertz CT molecular complexity index is 1030. The van der Waals surface area contributed by atoms with Gasteiger partial charge < -0.3 is 14.3 Å². The second-order valence-electron chi connectivity index (χ2n) is 7.18. The summed E-state index contributed by atoms with van der Waals surface area (Å²) in [5.41, 5.74) is 2.89. The van der Waals surface area contributed by atoms with Gasteiger partial charge in [0.2, 0.25) is 0 Å². The molecule has 0 fully saturated rings. The van der Waals surface area contributed by atoms with Gasteiger partial charge in [0.05, 0.1) is 0 Å². The Morgan fingerprint density at radius 2 is 1.28 bits per heavy atom. The van der Waals surface area contributed by atoms with E-state index in [1.807, 2.05) is 36.4 Å². The minimum atomic E-state index is -1.53. The second-order valence-corrected chi connectivity index (χ2v) is 7.18. The highest BCUT2D eigenvalue weighted by molar-refractivity contribution is 5.80. The number of amides is 2. The van der Waals surface area contributed by atoms with Crippen LogP contribution in [0.15, 0.2) is 91.0 Å². The summed E-state index contributed by atoms with van der Waals surface area (Å²) in [6.07, 6.45) is -1.22. The topological polar surface area (TPSA) is 84.9 Å². The van der Waals surface area contributed by atoms with Crippen molar-refractivity contribution < 1.29 is 23.9 Å². The number of carbonyl (C=O) groups excluding carboxylic acids is 3. The predicted molar refractivity (Wildman–Crippen MR) is 118 cm³/mol. The van der Waals surface area contributed by atoms with Crippen molar-refractivity contribution in [3.8, 4) is 0 Å². The highest BCUT2D eigenvalue weighted by atomic mass is 16.6. The van der Waals surface area contributed by atoms with E-state index in [1.165, 1.54) is 6.92 Å². The molecule has 0 unspecified atom stereocenters. The molecule has 0 aliphatic rings. The lowest BCUT2D eigenvalue weighted by Gasteiger charge is -2.35. The highest BCUT2D eigenvalue weighted by Gasteiger charge is 2.40. The van der Waals surface area contributed by atoms with Crippen LogP contribution < -0.4 is 5.43 Å². The minimum Gasteiger partial charge on any atom is -0.443 e. The van der Waals surface area contributed by atoms with Crippen molar-refractivity contribution in [2.75, 3.05) is 0 Å². The van der Waals surface area contributed by atoms with E-state index in [-0.39, 0.29) is 13.2 Å². The molecule has 0 saturated carbocycles. The molecule has 0 aromatic heterocycles. The fourth-order valence-corrected chi connectivity index (χ4v) is 3.01. The van der Waals surface area contributed by atoms with Gasteiger partial charge in [-0.2, -0.15) is 5.01 Å². The first-order chi connectivity index (χ1) is 15.5. The van der Waals surface area contributed by atoms with Gasteiger partial charge in [0.15, 0.2) is 6.29 Å². The molecule has 0 saturated heterocycles. The molecule has 1 atom stereocenters. The van der Waals surface area contributed by atoms with Crippen LogP contribution in [-0.4, -0.2) is 23.5 Å². The third-order valence-corrected chi connectivity index (χ3v) is 4.86. The molecule has 3 rings (SSSR count). The molecule has 7 nitrogen and oxygen atoms in total. The van der Waals surface area contributed by atoms with Crippen molar-refractivity contribution in [1.82, 2.24) is 10.4 Å². The lowest BCUT2D eigenvalue weighted by Crippen LogP contribution is -2.58. The van der Waals surface area contributed by atoms with Gasteiger partial charge >= 0.3 is 12.2 Å². The van der Waals surface area contributed by atoms with Crippen LogP contribution in [0.3, 0.4) is 0 Å². The van der Waals surface area contributed by atoms with Crippen molar-refractivity contribution >= 4 is 18.5 Å². The number of hydrogen-bond acceptors (Lipinski definition) is 5. The number of carbonyl (C=O) groups is 3. The average molecular weight is 432 g/mol. The molecule has 3 aromatic rings. The fourth-order valence-electron chi connectivity index (χ4n) is 3.01. The number of hydrazine groups is 1. The Labute approximate surface area is 186 Å². The summed E-state index contributed by atoms with van der Waals surface area (Å²) in [6, 6.07) is 26.8. The monoisotopic (exact) mass is 432 g/mol. The van der Waals surface area contributed by atoms with Crippen LogP contribution in [-0.2, 0) is 33.0 Å². The second kappa shape index (κ2) is 10.8. The van der Waals surface area contributed by atoms with E-state index in [1.54, 1.807) is 54.6 Å². The Morgan fingerprint density at radius 1 is 0.812 bits per heavy atom. The average Bonchev–Trinajstić information content (AvgIpc) is 2.86. The fraction of sp³-hybridized carbons (Fsp3) is 0.160. The third-order valence-electron chi connectivity index (χ3n) is 4.86. The number of ether oxygens (including phenoxy) is 2. The Hall–Kier alpha value is -4.13. The molecule has 0 aliphatic heterocycles. The Kier molecular flexibility index (Phi) is 7.59. The Morgan fingerprint density at radius 3 is 1.78 bits per heavy atom. The van der Waals surface area contributed by atoms with Gasteiger partial charge in [0.1, 0.15) is 18.8 Å². The van der Waals surface area contributed by atoms with Crippen molar-refractivity contribution in [1.29, 1.82) is 0 Å². The van der Waals surface area contributed by atoms with E-state index in [0.29, 0.717) is 11.8 Å². The largest absolute Gasteiger partial charge is 0.443 e. The number of benzene rings is 3. The van der Waals surface area contributed by atoms with Crippen LogP contribution in [0.2, 0.25) is 0 Å². The zero-order valence-electron chi connectivity index (χ0n) is 17.6. The van der Waals surface area contributed by atoms with E-state index < -0.39 is 17.7 Å². The van der Waals surface area contributed by atoms with Crippen LogP contribution in [0.5, 0.6) is 0 Å². The van der Waals surface area contributed by atoms with Crippen molar-refractivity contribution in [2.24, 2.45) is 0 Å². The lowest BCUT2D eigenvalue weighted by atomic mass is 9.93. The van der Waals surface area contributed by atoms with E-state index in [0.717, 1.165) is 16.1 Å². The van der Waals surface area contributed by atoms with Crippen LogP contribution >= 0.6 is 0 Å². The molecule has 164 valence electrons. The summed E-state index contributed by atoms with van der Waals surface area (Å²) < 4.78 is 10.6. The third kappa shape index (κ3) is 5.72. The van der Waals surface area contributed by atoms with Crippen LogP contribution in [0, 0.1) is 0 Å². The van der Waals surface area contributed by atoms with Crippen molar-refractivity contribution in [3.63, 3.8) is 0 Å². The summed E-state index contributed by atoms with van der Waals surface area (Å²) in [7, 11) is 0. The zero-order valence-corrected chi connectivity index (χ0v) is 17.6. The van der Waals surface area contributed by atoms with Crippen molar-refractivity contribution in [3.05, 3.63) is 108 Å². The standard InChI is InChI=1S/C25H24N2O5/c1-25(19-28,22-15-9-4-10-16-22)27(24(30)32-18-21-13-7-3-8-14-21)26-23(29)31-17-20-11-5-2-6-12-20/h2-16,19H,17-18H2,1H3,(H,26,29)/t25-/m1/s1. The van der Waals surface area contributed by atoms with Crippen LogP contribution in [0.4, 0.5) is 9.59 Å². The van der Waals surface area contributed by atoms with Crippen molar-refractivity contribution in [2.45, 2.75) is 25.7 Å². The predicted octanol–water partition coefficient (Wildman–Crippen LogP) is 4.58. The molecule has 32 heavy (non-hydrogen) atoms. The number of nitrogens with zero attached hydrogens (tertiary/aromatic N) is 1. The maximum absolute atomic E-state index is 13.0. The Balaban J connectivity index is 1.78. The highest BCUT2D eigenvalue weighted by Crippen LogP contribution is 2.26. The maximum atomic E-state index is 13.0. The SMILES string of the molecule is C[C@@](C=O)(c1ccccc1)N(NC(=O)OCc1ccccc1)C(=O)OCc1ccccc1. The minimum absolute atomic E-state index is 0.00270. The van der Waals surface area contributed by atoms with E-state index >= 15 is 0 Å². The van der Waals surface area contributed by atoms with Crippen LogP contribution in [0.1, 0.15) is 23.6 Å². The first-order valence-corrected chi connectivity index (χ1v) is 10.0.